The van der Waals surface area contributed by atoms with E-state index in [2.05, 4.69) is 41.0 Å². The van der Waals surface area contributed by atoms with Gasteiger partial charge in [-0.05, 0) is 47.0 Å². The number of hydrogen-bond acceptors (Lipinski definition) is 4. The molecule has 2 amide bonds. The Kier molecular flexibility index (Phi) is 9.07. The van der Waals surface area contributed by atoms with Gasteiger partial charge in [0.2, 0.25) is 0 Å². The van der Waals surface area contributed by atoms with Gasteiger partial charge >= 0.3 is 18.2 Å². The molecule has 0 fully saturated rings. The van der Waals surface area contributed by atoms with E-state index in [4.69, 9.17) is 9.47 Å². The largest absolute Gasteiger partial charge is 0.493 e. The molecule has 0 radical (unpaired) electrons. The topological polar surface area (TPSA) is 80.5 Å². The Balaban J connectivity index is 1.24. The van der Waals surface area contributed by atoms with Gasteiger partial charge in [0.1, 0.15) is 5.75 Å². The Bertz CT molecular complexity index is 1360. The lowest BCUT2D eigenvalue weighted by atomic mass is 9.98. The number of urea groups is 1. The Morgan fingerprint density at radius 2 is 1.63 bits per heavy atom. The van der Waals surface area contributed by atoms with E-state index in [0.717, 1.165) is 17.7 Å². The van der Waals surface area contributed by atoms with Crippen LogP contribution in [0, 0.1) is 0 Å². The van der Waals surface area contributed by atoms with Crippen molar-refractivity contribution in [3.05, 3.63) is 115 Å². The number of pyridine rings is 1. The van der Waals surface area contributed by atoms with Crippen LogP contribution >= 0.6 is 0 Å². The third-order valence-electron chi connectivity index (χ3n) is 5.95. The Morgan fingerprint density at radius 1 is 0.895 bits per heavy atom. The van der Waals surface area contributed by atoms with Gasteiger partial charge in [0.05, 0.1) is 13.2 Å². The minimum absolute atomic E-state index is 0.320. The van der Waals surface area contributed by atoms with Gasteiger partial charge in [-0.1, -0.05) is 54.6 Å². The summed E-state index contributed by atoms with van der Waals surface area (Å²) in [6, 6.07) is 29.4. The summed E-state index contributed by atoms with van der Waals surface area (Å²) in [6.07, 6.45) is 3.99. The molecule has 0 aliphatic heterocycles. The smallest absolute Gasteiger partial charge is 0.319 e. The monoisotopic (exact) mass is 510 g/mol. The molecule has 0 saturated heterocycles. The highest BCUT2D eigenvalue weighted by Gasteiger charge is 2.15. The number of amides is 2. The lowest BCUT2D eigenvalue weighted by Crippen LogP contribution is -2.40. The van der Waals surface area contributed by atoms with Crippen LogP contribution in [0.2, 0.25) is 0 Å². The quantitative estimate of drug-likeness (QED) is 0.213. The van der Waals surface area contributed by atoms with Crippen LogP contribution in [0.5, 0.6) is 5.75 Å². The molecule has 0 aliphatic rings. The number of anilines is 1. The van der Waals surface area contributed by atoms with E-state index in [-0.39, 0.29) is 12.0 Å². The normalized spacial score (nSPS) is 11.3. The molecule has 1 unspecified atom stereocenters. The van der Waals surface area contributed by atoms with Crippen LogP contribution in [0.1, 0.15) is 31.2 Å². The van der Waals surface area contributed by atoms with E-state index in [0.29, 0.717) is 18.8 Å². The lowest BCUT2D eigenvalue weighted by molar-refractivity contribution is -0.753. The number of ether oxygens (including phenoxy) is 2. The van der Waals surface area contributed by atoms with Crippen LogP contribution in [0.4, 0.5) is 10.5 Å². The summed E-state index contributed by atoms with van der Waals surface area (Å²) in [4.78, 5) is 23.6. The summed E-state index contributed by atoms with van der Waals surface area (Å²) < 4.78 is 12.9. The average Bonchev–Trinajstić information content (AvgIpc) is 2.93. The van der Waals surface area contributed by atoms with Crippen LogP contribution < -0.4 is 19.9 Å². The van der Waals surface area contributed by atoms with Crippen LogP contribution in [0.3, 0.4) is 0 Å². The summed E-state index contributed by atoms with van der Waals surface area (Å²) >= 11 is 0. The lowest BCUT2D eigenvalue weighted by Gasteiger charge is -2.12. The highest BCUT2D eigenvalue weighted by Crippen LogP contribution is 2.24. The molecule has 1 heterocycles. The third kappa shape index (κ3) is 7.67. The maximum absolute atomic E-state index is 12.4. The predicted molar refractivity (Wildman–Crippen MR) is 146 cm³/mol. The van der Waals surface area contributed by atoms with E-state index in [9.17, 15) is 9.59 Å². The average molecular weight is 511 g/mol. The van der Waals surface area contributed by atoms with Gasteiger partial charge in [-0.2, -0.15) is 4.57 Å². The van der Waals surface area contributed by atoms with Crippen molar-refractivity contribution in [2.24, 2.45) is 0 Å². The maximum Gasteiger partial charge on any atom is 0.319 e. The molecule has 1 atom stereocenters. The summed E-state index contributed by atoms with van der Waals surface area (Å²) in [6.45, 7) is 4.02. The number of nitrogens with one attached hydrogen (secondary N) is 2. The number of rotatable bonds is 10. The third-order valence-corrected chi connectivity index (χ3v) is 5.95. The molecule has 2 N–H and O–H groups in total. The fourth-order valence-corrected chi connectivity index (χ4v) is 4.08. The summed E-state index contributed by atoms with van der Waals surface area (Å²) in [5, 5.41) is 5.67. The first-order valence-corrected chi connectivity index (χ1v) is 12.6. The van der Waals surface area contributed by atoms with E-state index in [1.54, 1.807) is 11.5 Å². The number of hydrogen-bond donors (Lipinski definition) is 2. The number of carbonyl (C=O) groups is 2. The van der Waals surface area contributed by atoms with E-state index in [1.807, 2.05) is 73.1 Å². The first-order chi connectivity index (χ1) is 18.5. The highest BCUT2D eigenvalue weighted by atomic mass is 16.6. The van der Waals surface area contributed by atoms with Crippen molar-refractivity contribution in [3.8, 4) is 16.9 Å². The fourth-order valence-electron chi connectivity index (χ4n) is 4.08. The molecule has 38 heavy (non-hydrogen) atoms. The first-order valence-electron chi connectivity index (χ1n) is 12.6. The summed E-state index contributed by atoms with van der Waals surface area (Å²) in [7, 11) is 0. The molecule has 0 spiro atoms. The Morgan fingerprint density at radius 3 is 2.39 bits per heavy atom. The molecule has 3 aromatic carbocycles. The van der Waals surface area contributed by atoms with Crippen molar-refractivity contribution in [3.63, 3.8) is 0 Å². The fraction of sp³-hybridized carbons (Fsp3) is 0.194. The van der Waals surface area contributed by atoms with Gasteiger partial charge in [0, 0.05) is 37.6 Å². The van der Waals surface area contributed by atoms with E-state index >= 15 is 0 Å². The molecule has 7 nitrogen and oxygen atoms in total. The van der Waals surface area contributed by atoms with Gasteiger partial charge in [-0.3, -0.25) is 4.79 Å². The molecule has 1 aromatic heterocycles. The predicted octanol–water partition coefficient (Wildman–Crippen LogP) is 5.67. The second-order valence-corrected chi connectivity index (χ2v) is 8.82. The van der Waals surface area contributed by atoms with Crippen molar-refractivity contribution in [2.75, 3.05) is 11.9 Å². The molecule has 7 heteroatoms. The van der Waals surface area contributed by atoms with E-state index < -0.39 is 6.23 Å². The van der Waals surface area contributed by atoms with Crippen molar-refractivity contribution in [2.45, 2.75) is 33.0 Å². The number of nitrogens with zero attached hydrogens (tertiary/aromatic N) is 1. The molecule has 4 rings (SSSR count). The zero-order chi connectivity index (χ0) is 26.7. The molecule has 0 saturated carbocycles. The summed E-state index contributed by atoms with van der Waals surface area (Å²) in [5.74, 6) is 0.390. The molecule has 4 aromatic rings. The van der Waals surface area contributed by atoms with Gasteiger partial charge in [0.25, 0.3) is 0 Å². The van der Waals surface area contributed by atoms with Crippen LogP contribution in [0.15, 0.2) is 103 Å². The van der Waals surface area contributed by atoms with Gasteiger partial charge in [0.15, 0.2) is 12.4 Å². The number of carbonyl (C=O) groups excluding carboxylic acids is 2. The maximum atomic E-state index is 12.4. The highest BCUT2D eigenvalue weighted by molar-refractivity contribution is 5.89. The van der Waals surface area contributed by atoms with Gasteiger partial charge < -0.3 is 20.1 Å². The molecule has 0 aliphatic carbocycles. The standard InChI is InChI=1S/C31H31N3O4/c1-23(38-24(2)35)34-19-8-9-25(22-34)21-32-31(36)33-28-14-16-29(17-15-28)37-20-18-27-12-6-7-13-30(27)26-10-4-3-5-11-26/h3-17,19,22-23H,18,20-21H2,1-2H3,(H-,32,33,36)/p+1. The second-order valence-electron chi connectivity index (χ2n) is 8.82. The van der Waals surface area contributed by atoms with Crippen molar-refractivity contribution in [1.82, 2.24) is 5.32 Å². The van der Waals surface area contributed by atoms with Crippen LogP contribution in [-0.4, -0.2) is 18.6 Å². The Labute approximate surface area is 223 Å². The SMILES string of the molecule is CC(=O)OC(C)[n+]1cccc(CNC(=O)Nc2ccc(OCCc3ccccc3-c3ccccc3)cc2)c1. The second kappa shape index (κ2) is 13.1. The van der Waals surface area contributed by atoms with Crippen LogP contribution in [-0.2, 0) is 22.5 Å². The molecule has 0 bridgehead atoms. The number of benzene rings is 3. The van der Waals surface area contributed by atoms with Crippen molar-refractivity contribution >= 4 is 17.7 Å². The van der Waals surface area contributed by atoms with Crippen LogP contribution in [0.25, 0.3) is 11.1 Å². The first kappa shape index (κ1) is 26.4. The molecular formula is C31H32N3O4+. The Hall–Kier alpha value is -4.65. The van der Waals surface area contributed by atoms with Gasteiger partial charge in [-0.15, -0.1) is 0 Å². The minimum atomic E-state index is -0.430. The van der Waals surface area contributed by atoms with Crippen molar-refractivity contribution < 1.29 is 23.6 Å². The molecule has 194 valence electrons. The number of aromatic nitrogens is 1. The molecular weight excluding hydrogens is 478 g/mol. The summed E-state index contributed by atoms with van der Waals surface area (Å²) in [5.41, 5.74) is 5.18. The van der Waals surface area contributed by atoms with Gasteiger partial charge in [-0.25, -0.2) is 4.79 Å². The zero-order valence-electron chi connectivity index (χ0n) is 21.6. The van der Waals surface area contributed by atoms with Crippen molar-refractivity contribution in [1.29, 1.82) is 0 Å². The van der Waals surface area contributed by atoms with E-state index in [1.165, 1.54) is 23.6 Å². The minimum Gasteiger partial charge on any atom is -0.493 e. The zero-order valence-corrected chi connectivity index (χ0v) is 21.6. The number of esters is 1.